The van der Waals surface area contributed by atoms with Gasteiger partial charge < -0.3 is 14.6 Å². The molecule has 0 aliphatic rings. The highest BCUT2D eigenvalue weighted by Crippen LogP contribution is 2.21. The maximum atomic E-state index is 12.0. The third-order valence-corrected chi connectivity index (χ3v) is 3.56. The number of amides is 1. The van der Waals surface area contributed by atoms with E-state index in [1.165, 1.54) is 0 Å². The molecule has 0 saturated heterocycles. The molecular formula is C17H22N2O3. The largest absolute Gasteiger partial charge is 0.497 e. The zero-order valence-electron chi connectivity index (χ0n) is 13.3. The number of methoxy groups -OCH3 is 1. The van der Waals surface area contributed by atoms with E-state index in [9.17, 15) is 4.79 Å². The van der Waals surface area contributed by atoms with Gasteiger partial charge >= 0.3 is 0 Å². The van der Waals surface area contributed by atoms with E-state index in [-0.39, 0.29) is 11.8 Å². The van der Waals surface area contributed by atoms with Crippen molar-refractivity contribution < 1.29 is 14.1 Å². The van der Waals surface area contributed by atoms with E-state index in [2.05, 4.69) is 10.5 Å². The molecule has 2 rings (SSSR count). The number of carbonyl (C=O) groups excluding carboxylic acids is 1. The normalized spacial score (nSPS) is 12.0. The minimum Gasteiger partial charge on any atom is -0.497 e. The zero-order chi connectivity index (χ0) is 15.9. The van der Waals surface area contributed by atoms with Crippen LogP contribution >= 0.6 is 0 Å². The summed E-state index contributed by atoms with van der Waals surface area (Å²) in [5.41, 5.74) is 1.99. The van der Waals surface area contributed by atoms with Gasteiger partial charge in [0.2, 0.25) is 5.91 Å². The van der Waals surface area contributed by atoms with Crippen molar-refractivity contribution in [3.63, 3.8) is 0 Å². The van der Waals surface area contributed by atoms with Crippen LogP contribution in [0.2, 0.25) is 0 Å². The highest BCUT2D eigenvalue weighted by Gasteiger charge is 2.11. The van der Waals surface area contributed by atoms with E-state index in [0.717, 1.165) is 22.8 Å². The number of rotatable bonds is 7. The predicted molar refractivity (Wildman–Crippen MR) is 84.0 cm³/mol. The van der Waals surface area contributed by atoms with Gasteiger partial charge in [-0.05, 0) is 30.5 Å². The molecule has 2 aromatic rings. The van der Waals surface area contributed by atoms with Crippen LogP contribution in [-0.2, 0) is 11.2 Å². The fraction of sp³-hybridized carbons (Fsp3) is 0.412. The van der Waals surface area contributed by atoms with Gasteiger partial charge in [0.15, 0.2) is 0 Å². The van der Waals surface area contributed by atoms with Crippen molar-refractivity contribution in [3.8, 4) is 5.75 Å². The molecule has 22 heavy (non-hydrogen) atoms. The summed E-state index contributed by atoms with van der Waals surface area (Å²) < 4.78 is 10.1. The first-order valence-electron chi connectivity index (χ1n) is 7.41. The van der Waals surface area contributed by atoms with E-state index in [0.29, 0.717) is 19.4 Å². The zero-order valence-corrected chi connectivity index (χ0v) is 13.3. The summed E-state index contributed by atoms with van der Waals surface area (Å²) in [6, 6.07) is 9.70. The molecule has 1 N–H and O–H groups in total. The van der Waals surface area contributed by atoms with Crippen molar-refractivity contribution in [3.05, 3.63) is 47.3 Å². The van der Waals surface area contributed by atoms with Crippen molar-refractivity contribution in [2.45, 2.75) is 32.6 Å². The van der Waals surface area contributed by atoms with Crippen LogP contribution in [0.3, 0.4) is 0 Å². The van der Waals surface area contributed by atoms with Gasteiger partial charge in [-0.2, -0.15) is 0 Å². The van der Waals surface area contributed by atoms with Crippen LogP contribution in [0.15, 0.2) is 34.9 Å². The quantitative estimate of drug-likeness (QED) is 0.854. The minimum absolute atomic E-state index is 0.0449. The lowest BCUT2D eigenvalue weighted by Crippen LogP contribution is -2.26. The fourth-order valence-corrected chi connectivity index (χ4v) is 2.27. The third-order valence-electron chi connectivity index (χ3n) is 3.56. The Kier molecular flexibility index (Phi) is 5.58. The Balaban J connectivity index is 1.75. The monoisotopic (exact) mass is 302 g/mol. The van der Waals surface area contributed by atoms with Gasteiger partial charge in [-0.15, -0.1) is 0 Å². The van der Waals surface area contributed by atoms with Gasteiger partial charge in [-0.25, -0.2) is 0 Å². The molecule has 0 aliphatic heterocycles. The Bertz CT molecular complexity index is 605. The highest BCUT2D eigenvalue weighted by molar-refractivity contribution is 5.76. The summed E-state index contributed by atoms with van der Waals surface area (Å²) >= 11 is 0. The minimum atomic E-state index is 0.0449. The van der Waals surface area contributed by atoms with Crippen molar-refractivity contribution in [2.75, 3.05) is 13.7 Å². The average molecular weight is 302 g/mol. The van der Waals surface area contributed by atoms with E-state index in [4.69, 9.17) is 9.26 Å². The molecule has 0 saturated carbocycles. The molecule has 5 nitrogen and oxygen atoms in total. The van der Waals surface area contributed by atoms with Gasteiger partial charge in [0.1, 0.15) is 11.5 Å². The summed E-state index contributed by atoms with van der Waals surface area (Å²) in [5.74, 6) is 1.82. The topological polar surface area (TPSA) is 64.4 Å². The van der Waals surface area contributed by atoms with Gasteiger partial charge in [-0.1, -0.05) is 24.2 Å². The molecule has 0 aliphatic carbocycles. The van der Waals surface area contributed by atoms with Crippen LogP contribution in [0, 0.1) is 6.92 Å². The van der Waals surface area contributed by atoms with Gasteiger partial charge in [-0.3, -0.25) is 4.79 Å². The summed E-state index contributed by atoms with van der Waals surface area (Å²) in [5, 5.41) is 6.82. The number of nitrogens with one attached hydrogen (secondary N) is 1. The molecule has 1 heterocycles. The predicted octanol–water partition coefficient (Wildman–Crippen LogP) is 2.84. The molecule has 1 unspecified atom stereocenters. The molecular weight excluding hydrogens is 280 g/mol. The molecule has 5 heteroatoms. The SMILES string of the molecule is COc1ccc(C(C)CC(=O)NCCc2cc(C)on2)cc1. The van der Waals surface area contributed by atoms with Crippen LogP contribution in [0.4, 0.5) is 0 Å². The molecule has 1 atom stereocenters. The van der Waals surface area contributed by atoms with E-state index in [1.54, 1.807) is 7.11 Å². The van der Waals surface area contributed by atoms with Crippen LogP contribution in [0.25, 0.3) is 0 Å². The Morgan fingerprint density at radius 2 is 2.09 bits per heavy atom. The molecule has 0 radical (unpaired) electrons. The van der Waals surface area contributed by atoms with E-state index in [1.807, 2.05) is 44.2 Å². The van der Waals surface area contributed by atoms with Crippen LogP contribution in [-0.4, -0.2) is 24.7 Å². The number of aromatic nitrogens is 1. The van der Waals surface area contributed by atoms with Crippen molar-refractivity contribution in [1.82, 2.24) is 10.5 Å². The number of ether oxygens (including phenoxy) is 1. The number of hydrogen-bond acceptors (Lipinski definition) is 4. The second-order valence-electron chi connectivity index (χ2n) is 5.41. The van der Waals surface area contributed by atoms with Crippen LogP contribution < -0.4 is 10.1 Å². The number of hydrogen-bond donors (Lipinski definition) is 1. The van der Waals surface area contributed by atoms with Crippen LogP contribution in [0.1, 0.15) is 36.3 Å². The first-order valence-corrected chi connectivity index (χ1v) is 7.41. The summed E-state index contributed by atoms with van der Waals surface area (Å²) in [6.45, 7) is 4.47. The lowest BCUT2D eigenvalue weighted by molar-refractivity contribution is -0.121. The summed E-state index contributed by atoms with van der Waals surface area (Å²) in [4.78, 5) is 12.0. The third kappa shape index (κ3) is 4.62. The van der Waals surface area contributed by atoms with Crippen molar-refractivity contribution in [1.29, 1.82) is 0 Å². The fourth-order valence-electron chi connectivity index (χ4n) is 2.27. The van der Waals surface area contributed by atoms with Crippen LogP contribution in [0.5, 0.6) is 5.75 Å². The molecule has 0 spiro atoms. The molecule has 118 valence electrons. The van der Waals surface area contributed by atoms with E-state index < -0.39 is 0 Å². The van der Waals surface area contributed by atoms with Gasteiger partial charge in [0.05, 0.1) is 12.8 Å². The number of benzene rings is 1. The smallest absolute Gasteiger partial charge is 0.220 e. The lowest BCUT2D eigenvalue weighted by atomic mass is 9.97. The average Bonchev–Trinajstić information content (AvgIpc) is 2.92. The highest BCUT2D eigenvalue weighted by atomic mass is 16.5. The molecule has 1 aromatic heterocycles. The number of carbonyl (C=O) groups is 1. The molecule has 1 amide bonds. The Morgan fingerprint density at radius 1 is 1.36 bits per heavy atom. The maximum Gasteiger partial charge on any atom is 0.220 e. The second-order valence-corrected chi connectivity index (χ2v) is 5.41. The standard InChI is InChI=1S/C17H22N2O3/c1-12(14-4-6-16(21-3)7-5-14)10-17(20)18-9-8-15-11-13(2)22-19-15/h4-7,11-12H,8-10H2,1-3H3,(H,18,20). The number of nitrogens with zero attached hydrogens (tertiary/aromatic N) is 1. The molecule has 0 bridgehead atoms. The Hall–Kier alpha value is -2.30. The Labute approximate surface area is 130 Å². The number of aryl methyl sites for hydroxylation is 1. The van der Waals surface area contributed by atoms with Crippen molar-refractivity contribution >= 4 is 5.91 Å². The maximum absolute atomic E-state index is 12.0. The van der Waals surface area contributed by atoms with Gasteiger partial charge in [0.25, 0.3) is 0 Å². The summed E-state index contributed by atoms with van der Waals surface area (Å²) in [7, 11) is 1.64. The Morgan fingerprint density at radius 3 is 2.68 bits per heavy atom. The van der Waals surface area contributed by atoms with E-state index >= 15 is 0 Å². The van der Waals surface area contributed by atoms with Crippen molar-refractivity contribution in [2.24, 2.45) is 0 Å². The first kappa shape index (κ1) is 16.1. The first-order chi connectivity index (χ1) is 10.6. The second kappa shape index (κ2) is 7.64. The van der Waals surface area contributed by atoms with Gasteiger partial charge in [0, 0.05) is 25.5 Å². The summed E-state index contributed by atoms with van der Waals surface area (Å²) in [6.07, 6.45) is 1.14. The molecule has 1 aromatic carbocycles. The molecule has 0 fully saturated rings. The lowest BCUT2D eigenvalue weighted by Gasteiger charge is -2.12.